The number of halogens is 1. The van der Waals surface area contributed by atoms with Gasteiger partial charge in [-0.25, -0.2) is 9.59 Å². The summed E-state index contributed by atoms with van der Waals surface area (Å²) >= 11 is 3.42. The fourth-order valence-corrected chi connectivity index (χ4v) is 2.72. The van der Waals surface area contributed by atoms with Crippen molar-refractivity contribution in [3.63, 3.8) is 0 Å². The van der Waals surface area contributed by atoms with Crippen LogP contribution in [0.4, 0.5) is 0 Å². The van der Waals surface area contributed by atoms with Gasteiger partial charge in [-0.1, -0.05) is 27.2 Å². The number of rotatable bonds is 9. The fourth-order valence-electron chi connectivity index (χ4n) is 2.22. The summed E-state index contributed by atoms with van der Waals surface area (Å²) in [5.74, 6) is 0.427. The molecular formula is C22H25BrO5. The third-order valence-electron chi connectivity index (χ3n) is 3.77. The minimum atomic E-state index is -0.490. The van der Waals surface area contributed by atoms with Crippen molar-refractivity contribution in [2.24, 2.45) is 5.92 Å². The molecule has 2 rings (SSSR count). The van der Waals surface area contributed by atoms with E-state index >= 15 is 0 Å². The lowest BCUT2D eigenvalue weighted by atomic mass is 10.2. The number of ether oxygens (including phenoxy) is 3. The molecule has 0 aliphatic rings. The highest BCUT2D eigenvalue weighted by atomic mass is 79.9. The van der Waals surface area contributed by atoms with Gasteiger partial charge in [0.25, 0.3) is 0 Å². The van der Waals surface area contributed by atoms with Gasteiger partial charge in [0.15, 0.2) is 0 Å². The molecule has 0 radical (unpaired) electrons. The molecule has 0 unspecified atom stereocenters. The zero-order chi connectivity index (χ0) is 20.5. The summed E-state index contributed by atoms with van der Waals surface area (Å²) in [5.41, 5.74) is 0.812. The molecule has 2 aromatic rings. The minimum Gasteiger partial charge on any atom is -0.492 e. The second kappa shape index (κ2) is 10.9. The van der Waals surface area contributed by atoms with Gasteiger partial charge in [-0.3, -0.25) is 0 Å². The van der Waals surface area contributed by atoms with Gasteiger partial charge in [0.2, 0.25) is 0 Å². The summed E-state index contributed by atoms with van der Waals surface area (Å²) in [7, 11) is 0. The molecule has 28 heavy (non-hydrogen) atoms. The monoisotopic (exact) mass is 448 g/mol. The average molecular weight is 449 g/mol. The molecule has 0 bridgehead atoms. The molecule has 5 nitrogen and oxygen atoms in total. The highest BCUT2D eigenvalue weighted by Crippen LogP contribution is 2.27. The Hall–Kier alpha value is -2.34. The van der Waals surface area contributed by atoms with Gasteiger partial charge in [-0.2, -0.15) is 0 Å². The molecule has 0 heterocycles. The van der Waals surface area contributed by atoms with Crippen molar-refractivity contribution in [2.45, 2.75) is 33.6 Å². The molecule has 0 aromatic heterocycles. The van der Waals surface area contributed by atoms with Gasteiger partial charge in [-0.15, -0.1) is 0 Å². The van der Waals surface area contributed by atoms with Crippen LogP contribution >= 0.6 is 15.9 Å². The summed E-state index contributed by atoms with van der Waals surface area (Å²) < 4.78 is 16.9. The number of esters is 2. The van der Waals surface area contributed by atoms with Crippen LogP contribution in [0.3, 0.4) is 0 Å². The molecule has 0 aliphatic heterocycles. The number of hydrogen-bond donors (Lipinski definition) is 0. The lowest BCUT2D eigenvalue weighted by Crippen LogP contribution is -2.11. The van der Waals surface area contributed by atoms with Gasteiger partial charge in [0.1, 0.15) is 11.5 Å². The van der Waals surface area contributed by atoms with Crippen LogP contribution < -0.4 is 9.47 Å². The second-order valence-electron chi connectivity index (χ2n) is 6.75. The third-order valence-corrected chi connectivity index (χ3v) is 4.39. The third kappa shape index (κ3) is 6.68. The van der Waals surface area contributed by atoms with E-state index in [-0.39, 0.29) is 5.92 Å². The molecule has 0 aliphatic carbocycles. The SMILES string of the molecule is CCCCOc1ccc(C(=O)Oc2ccc(C(=O)OCC(C)C)cc2)cc1Br. The van der Waals surface area contributed by atoms with Crippen LogP contribution in [0.1, 0.15) is 54.3 Å². The van der Waals surface area contributed by atoms with Crippen LogP contribution in [-0.2, 0) is 4.74 Å². The summed E-state index contributed by atoms with van der Waals surface area (Å²) in [6, 6.07) is 11.4. The van der Waals surface area contributed by atoms with Crippen molar-refractivity contribution < 1.29 is 23.8 Å². The lowest BCUT2D eigenvalue weighted by Gasteiger charge is -2.10. The van der Waals surface area contributed by atoms with Gasteiger partial charge < -0.3 is 14.2 Å². The van der Waals surface area contributed by atoms with E-state index in [9.17, 15) is 9.59 Å². The Morgan fingerprint density at radius 2 is 1.68 bits per heavy atom. The van der Waals surface area contributed by atoms with Gasteiger partial charge in [-0.05, 0) is 70.7 Å². The topological polar surface area (TPSA) is 61.8 Å². The second-order valence-corrected chi connectivity index (χ2v) is 7.61. The molecule has 0 saturated heterocycles. The van der Waals surface area contributed by atoms with E-state index < -0.39 is 11.9 Å². The number of carbonyl (C=O) groups is 2. The maximum Gasteiger partial charge on any atom is 0.343 e. The van der Waals surface area contributed by atoms with Crippen LogP contribution in [0.5, 0.6) is 11.5 Å². The molecule has 6 heteroatoms. The Bertz CT molecular complexity index is 799. The van der Waals surface area contributed by atoms with Crippen molar-refractivity contribution in [2.75, 3.05) is 13.2 Å². The van der Waals surface area contributed by atoms with Gasteiger partial charge in [0.05, 0.1) is 28.8 Å². The lowest BCUT2D eigenvalue weighted by molar-refractivity contribution is 0.0459. The molecule has 0 saturated carbocycles. The van der Waals surface area contributed by atoms with Gasteiger partial charge >= 0.3 is 11.9 Å². The zero-order valence-corrected chi connectivity index (χ0v) is 18.0. The predicted molar refractivity (Wildman–Crippen MR) is 111 cm³/mol. The Morgan fingerprint density at radius 1 is 1.00 bits per heavy atom. The van der Waals surface area contributed by atoms with Crippen molar-refractivity contribution in [1.29, 1.82) is 0 Å². The molecule has 150 valence electrons. The highest BCUT2D eigenvalue weighted by molar-refractivity contribution is 9.10. The van der Waals surface area contributed by atoms with E-state index in [1.165, 1.54) is 0 Å². The summed E-state index contributed by atoms with van der Waals surface area (Å²) in [5, 5.41) is 0. The standard InChI is InChI=1S/C22H25BrO5/c1-4-5-12-26-20-11-8-17(13-19(20)23)22(25)28-18-9-6-16(7-10-18)21(24)27-14-15(2)3/h6-11,13,15H,4-5,12,14H2,1-3H3. The highest BCUT2D eigenvalue weighted by Gasteiger charge is 2.13. The van der Waals surface area contributed by atoms with E-state index in [2.05, 4.69) is 22.9 Å². The Balaban J connectivity index is 1.97. The molecular weight excluding hydrogens is 424 g/mol. The van der Waals surface area contributed by atoms with Gasteiger partial charge in [0, 0.05) is 0 Å². The summed E-state index contributed by atoms with van der Waals surface area (Å²) in [6.45, 7) is 7.03. The normalized spacial score (nSPS) is 10.6. The first-order chi connectivity index (χ1) is 13.4. The molecule has 0 spiro atoms. The number of benzene rings is 2. The van der Waals surface area contributed by atoms with Crippen LogP contribution in [0.25, 0.3) is 0 Å². The predicted octanol–water partition coefficient (Wildman–Crippen LogP) is 5.66. The number of hydrogen-bond acceptors (Lipinski definition) is 5. The van der Waals surface area contributed by atoms with Crippen LogP contribution in [-0.4, -0.2) is 25.2 Å². The van der Waals surface area contributed by atoms with E-state index in [1.54, 1.807) is 42.5 Å². The van der Waals surface area contributed by atoms with Crippen LogP contribution in [0.2, 0.25) is 0 Å². The maximum absolute atomic E-state index is 12.4. The molecule has 0 amide bonds. The first kappa shape index (κ1) is 22.0. The van der Waals surface area contributed by atoms with Crippen molar-refractivity contribution in [3.05, 3.63) is 58.1 Å². The molecule has 0 fully saturated rings. The van der Waals surface area contributed by atoms with Crippen LogP contribution in [0.15, 0.2) is 46.9 Å². The quantitative estimate of drug-likeness (QED) is 0.281. The largest absolute Gasteiger partial charge is 0.492 e. The minimum absolute atomic E-state index is 0.270. The molecule has 0 N–H and O–H groups in total. The summed E-state index contributed by atoms with van der Waals surface area (Å²) in [6.07, 6.45) is 2.02. The first-order valence-electron chi connectivity index (χ1n) is 9.32. The van der Waals surface area contributed by atoms with Crippen LogP contribution in [0, 0.1) is 5.92 Å². The Labute approximate surface area is 174 Å². The van der Waals surface area contributed by atoms with E-state index in [0.717, 1.165) is 12.8 Å². The van der Waals surface area contributed by atoms with E-state index in [0.29, 0.717) is 40.3 Å². The molecule has 0 atom stereocenters. The smallest absolute Gasteiger partial charge is 0.343 e. The maximum atomic E-state index is 12.4. The van der Waals surface area contributed by atoms with Crippen molar-refractivity contribution in [3.8, 4) is 11.5 Å². The van der Waals surface area contributed by atoms with Crippen molar-refractivity contribution >= 4 is 27.9 Å². The fraction of sp³-hybridized carbons (Fsp3) is 0.364. The Morgan fingerprint density at radius 3 is 2.29 bits per heavy atom. The number of unbranched alkanes of at least 4 members (excludes halogenated alkanes) is 1. The average Bonchev–Trinajstić information content (AvgIpc) is 2.68. The zero-order valence-electron chi connectivity index (χ0n) is 16.4. The first-order valence-corrected chi connectivity index (χ1v) is 10.1. The van der Waals surface area contributed by atoms with E-state index in [1.807, 2.05) is 13.8 Å². The number of carbonyl (C=O) groups excluding carboxylic acids is 2. The summed E-state index contributed by atoms with van der Waals surface area (Å²) in [4.78, 5) is 24.3. The molecule has 2 aromatic carbocycles. The Kier molecular flexibility index (Phi) is 8.51. The van der Waals surface area contributed by atoms with E-state index in [4.69, 9.17) is 14.2 Å². The van der Waals surface area contributed by atoms with Crippen molar-refractivity contribution in [1.82, 2.24) is 0 Å².